The number of aryl methyl sites for hydroxylation is 1. The summed E-state index contributed by atoms with van der Waals surface area (Å²) in [4.78, 5) is 12.9. The Labute approximate surface area is 101 Å². The van der Waals surface area contributed by atoms with E-state index in [2.05, 4.69) is 27.2 Å². The van der Waals surface area contributed by atoms with Crippen LogP contribution in [0.5, 0.6) is 0 Å². The maximum Gasteiger partial charge on any atom is 0.161 e. The smallest absolute Gasteiger partial charge is 0.161 e. The molecule has 2 heterocycles. The van der Waals surface area contributed by atoms with Crippen molar-refractivity contribution in [2.45, 2.75) is 20.3 Å². The van der Waals surface area contributed by atoms with Crippen LogP contribution < -0.4 is 5.32 Å². The Morgan fingerprint density at radius 1 is 1.18 bits per heavy atom. The molecule has 0 spiro atoms. The molecule has 0 saturated heterocycles. The van der Waals surface area contributed by atoms with Gasteiger partial charge in [-0.05, 0) is 25.5 Å². The van der Waals surface area contributed by atoms with Gasteiger partial charge in [-0.3, -0.25) is 4.98 Å². The molecule has 0 bridgehead atoms. The standard InChI is InChI=1S/C13H16N4/c1-3-6-15-12-9-10(2)16-13(17-12)11-4-7-14-8-5-11/h4-5,7-9H,3,6H2,1-2H3,(H,15,16,17). The minimum atomic E-state index is 0.742. The largest absolute Gasteiger partial charge is 0.370 e. The van der Waals surface area contributed by atoms with Gasteiger partial charge >= 0.3 is 0 Å². The van der Waals surface area contributed by atoms with Crippen LogP contribution in [0.2, 0.25) is 0 Å². The third-order valence-corrected chi connectivity index (χ3v) is 2.35. The van der Waals surface area contributed by atoms with Gasteiger partial charge in [0.1, 0.15) is 5.82 Å². The molecule has 2 aromatic heterocycles. The molecule has 4 heteroatoms. The van der Waals surface area contributed by atoms with E-state index >= 15 is 0 Å². The highest BCUT2D eigenvalue weighted by atomic mass is 15.0. The van der Waals surface area contributed by atoms with E-state index in [1.807, 2.05) is 25.1 Å². The van der Waals surface area contributed by atoms with Crippen LogP contribution in [0.25, 0.3) is 11.4 Å². The van der Waals surface area contributed by atoms with E-state index in [9.17, 15) is 0 Å². The Bertz CT molecular complexity index is 482. The lowest BCUT2D eigenvalue weighted by molar-refractivity contribution is 0.962. The summed E-state index contributed by atoms with van der Waals surface area (Å²) < 4.78 is 0. The topological polar surface area (TPSA) is 50.7 Å². The predicted octanol–water partition coefficient (Wildman–Crippen LogP) is 2.67. The highest BCUT2D eigenvalue weighted by molar-refractivity contribution is 5.56. The van der Waals surface area contributed by atoms with Gasteiger partial charge in [0.05, 0.1) is 0 Å². The zero-order valence-corrected chi connectivity index (χ0v) is 10.1. The Kier molecular flexibility index (Phi) is 3.65. The van der Waals surface area contributed by atoms with Crippen LogP contribution in [0, 0.1) is 6.92 Å². The van der Waals surface area contributed by atoms with Gasteiger partial charge in [0.15, 0.2) is 5.82 Å². The van der Waals surface area contributed by atoms with Gasteiger partial charge in [0.25, 0.3) is 0 Å². The first-order valence-corrected chi connectivity index (χ1v) is 5.79. The molecule has 1 N–H and O–H groups in total. The lowest BCUT2D eigenvalue weighted by atomic mass is 10.2. The van der Waals surface area contributed by atoms with Crippen LogP contribution in [0.4, 0.5) is 5.82 Å². The summed E-state index contributed by atoms with van der Waals surface area (Å²) in [6.45, 7) is 5.03. The third kappa shape index (κ3) is 3.00. The van der Waals surface area contributed by atoms with E-state index in [1.165, 1.54) is 0 Å². The van der Waals surface area contributed by atoms with E-state index in [0.29, 0.717) is 0 Å². The fourth-order valence-electron chi connectivity index (χ4n) is 1.54. The lowest BCUT2D eigenvalue weighted by Gasteiger charge is -2.07. The number of hydrogen-bond acceptors (Lipinski definition) is 4. The van der Waals surface area contributed by atoms with Crippen molar-refractivity contribution in [3.8, 4) is 11.4 Å². The molecule has 0 aromatic carbocycles. The number of anilines is 1. The first-order valence-electron chi connectivity index (χ1n) is 5.79. The first-order chi connectivity index (χ1) is 8.29. The van der Waals surface area contributed by atoms with E-state index in [4.69, 9.17) is 0 Å². The van der Waals surface area contributed by atoms with Crippen LogP contribution in [-0.2, 0) is 0 Å². The molecular weight excluding hydrogens is 212 g/mol. The Balaban J connectivity index is 2.32. The van der Waals surface area contributed by atoms with Gasteiger partial charge < -0.3 is 5.32 Å². The molecule has 0 aliphatic carbocycles. The quantitative estimate of drug-likeness (QED) is 0.874. The molecule has 0 radical (unpaired) electrons. The number of rotatable bonds is 4. The van der Waals surface area contributed by atoms with Gasteiger partial charge in [-0.1, -0.05) is 6.92 Å². The van der Waals surface area contributed by atoms with E-state index < -0.39 is 0 Å². The zero-order valence-electron chi connectivity index (χ0n) is 10.1. The van der Waals surface area contributed by atoms with Gasteiger partial charge in [-0.2, -0.15) is 0 Å². The number of aromatic nitrogens is 3. The minimum absolute atomic E-state index is 0.742. The molecule has 0 saturated carbocycles. The monoisotopic (exact) mass is 228 g/mol. The molecule has 88 valence electrons. The number of nitrogens with zero attached hydrogens (tertiary/aromatic N) is 3. The van der Waals surface area contributed by atoms with Crippen LogP contribution in [-0.4, -0.2) is 21.5 Å². The van der Waals surface area contributed by atoms with Crippen LogP contribution in [0.15, 0.2) is 30.6 Å². The second-order valence-electron chi connectivity index (χ2n) is 3.88. The van der Waals surface area contributed by atoms with Crippen molar-refractivity contribution in [1.29, 1.82) is 0 Å². The normalized spacial score (nSPS) is 10.2. The Morgan fingerprint density at radius 3 is 2.65 bits per heavy atom. The molecule has 0 fully saturated rings. The molecule has 0 aliphatic rings. The van der Waals surface area contributed by atoms with Crippen molar-refractivity contribution in [2.24, 2.45) is 0 Å². The number of pyridine rings is 1. The molecule has 0 atom stereocenters. The summed E-state index contributed by atoms with van der Waals surface area (Å²) in [5, 5.41) is 3.28. The fraction of sp³-hybridized carbons (Fsp3) is 0.308. The SMILES string of the molecule is CCCNc1cc(C)nc(-c2ccncc2)n1. The predicted molar refractivity (Wildman–Crippen MR) is 68.8 cm³/mol. The average Bonchev–Trinajstić information content (AvgIpc) is 2.37. The van der Waals surface area contributed by atoms with E-state index in [-0.39, 0.29) is 0 Å². The highest BCUT2D eigenvalue weighted by Crippen LogP contribution is 2.16. The van der Waals surface area contributed by atoms with Gasteiger partial charge in [0.2, 0.25) is 0 Å². The van der Waals surface area contributed by atoms with Crippen LogP contribution in [0.1, 0.15) is 19.0 Å². The molecule has 0 unspecified atom stereocenters. The second kappa shape index (κ2) is 5.39. The zero-order chi connectivity index (χ0) is 12.1. The second-order valence-corrected chi connectivity index (χ2v) is 3.88. The first kappa shape index (κ1) is 11.5. The summed E-state index contributed by atoms with van der Waals surface area (Å²) in [7, 11) is 0. The molecule has 0 aliphatic heterocycles. The average molecular weight is 228 g/mol. The summed E-state index contributed by atoms with van der Waals surface area (Å²) >= 11 is 0. The van der Waals surface area contributed by atoms with Crippen molar-refractivity contribution in [1.82, 2.24) is 15.0 Å². The van der Waals surface area contributed by atoms with Crippen molar-refractivity contribution >= 4 is 5.82 Å². The molecule has 0 amide bonds. The number of hydrogen-bond donors (Lipinski definition) is 1. The molecule has 2 rings (SSSR count). The van der Waals surface area contributed by atoms with Crippen LogP contribution in [0.3, 0.4) is 0 Å². The van der Waals surface area contributed by atoms with E-state index in [0.717, 1.165) is 35.9 Å². The number of nitrogens with one attached hydrogen (secondary N) is 1. The van der Waals surface area contributed by atoms with E-state index in [1.54, 1.807) is 12.4 Å². The maximum atomic E-state index is 4.49. The Morgan fingerprint density at radius 2 is 1.94 bits per heavy atom. The molecular formula is C13H16N4. The fourth-order valence-corrected chi connectivity index (χ4v) is 1.54. The summed E-state index contributed by atoms with van der Waals surface area (Å²) in [5.41, 5.74) is 1.95. The van der Waals surface area contributed by atoms with Crippen LogP contribution >= 0.6 is 0 Å². The molecule has 2 aromatic rings. The summed E-state index contributed by atoms with van der Waals surface area (Å²) in [5.74, 6) is 1.62. The van der Waals surface area contributed by atoms with Crippen molar-refractivity contribution in [2.75, 3.05) is 11.9 Å². The molecule has 17 heavy (non-hydrogen) atoms. The maximum absolute atomic E-state index is 4.49. The van der Waals surface area contributed by atoms with Crippen molar-refractivity contribution < 1.29 is 0 Å². The third-order valence-electron chi connectivity index (χ3n) is 2.35. The summed E-state index contributed by atoms with van der Waals surface area (Å²) in [6.07, 6.45) is 4.58. The van der Waals surface area contributed by atoms with Crippen molar-refractivity contribution in [3.05, 3.63) is 36.3 Å². The minimum Gasteiger partial charge on any atom is -0.370 e. The molecule has 4 nitrogen and oxygen atoms in total. The summed E-state index contributed by atoms with van der Waals surface area (Å²) in [6, 6.07) is 5.79. The van der Waals surface area contributed by atoms with Gasteiger partial charge in [-0.25, -0.2) is 9.97 Å². The Hall–Kier alpha value is -1.97. The van der Waals surface area contributed by atoms with Crippen molar-refractivity contribution in [3.63, 3.8) is 0 Å². The van der Waals surface area contributed by atoms with Gasteiger partial charge in [-0.15, -0.1) is 0 Å². The lowest BCUT2D eigenvalue weighted by Crippen LogP contribution is -2.04. The van der Waals surface area contributed by atoms with Gasteiger partial charge in [0, 0.05) is 36.3 Å². The highest BCUT2D eigenvalue weighted by Gasteiger charge is 2.04.